The molecule has 274 valence electrons. The second-order valence-corrected chi connectivity index (χ2v) is 13.4. The molecule has 0 spiro atoms. The summed E-state index contributed by atoms with van der Waals surface area (Å²) in [5.41, 5.74) is 2.05. The number of aliphatic hydroxyl groups is 1. The number of urea groups is 1. The van der Waals surface area contributed by atoms with Gasteiger partial charge in [-0.1, -0.05) is 23.7 Å². The van der Waals surface area contributed by atoms with Gasteiger partial charge in [-0.15, -0.1) is 5.10 Å². The lowest BCUT2D eigenvalue weighted by Crippen LogP contribution is -2.60. The lowest BCUT2D eigenvalue weighted by Gasteiger charge is -2.38. The first-order chi connectivity index (χ1) is 25.3. The minimum atomic E-state index is -1.16. The second-order valence-electron chi connectivity index (χ2n) is 13.0. The van der Waals surface area contributed by atoms with Crippen LogP contribution in [0, 0.1) is 0 Å². The number of nitrogens with zero attached hydrogens (tertiary/aromatic N) is 6. The number of carbonyl (C=O) groups is 5. The van der Waals surface area contributed by atoms with Crippen molar-refractivity contribution in [3.63, 3.8) is 0 Å². The van der Waals surface area contributed by atoms with Crippen molar-refractivity contribution in [2.75, 3.05) is 35.2 Å². The normalized spacial score (nSPS) is 14.0. The quantitative estimate of drug-likeness (QED) is 0.102. The molecule has 1 atom stereocenters. The fourth-order valence-corrected chi connectivity index (χ4v) is 6.18. The van der Waals surface area contributed by atoms with E-state index in [1.807, 2.05) is 0 Å². The largest absolute Gasteiger partial charge is 0.477 e. The van der Waals surface area contributed by atoms with Crippen LogP contribution in [0.15, 0.2) is 73.1 Å². The SMILES string of the molecule is CC(C)(CCO)NC(=O)Nc1ccc(C[C@@H](C(=O)Nc2ccc3[nH]c(C(=O)O)cc3c2)N2CCN(c3cc(Cl)ccc3-n3cnnn3)C(=O)C2=O)cc1. The lowest BCUT2D eigenvalue weighted by molar-refractivity contribution is -0.149. The number of amides is 5. The Morgan fingerprint density at radius 3 is 2.40 bits per heavy atom. The average Bonchev–Trinajstić information content (AvgIpc) is 3.80. The van der Waals surface area contributed by atoms with E-state index in [0.717, 1.165) is 0 Å². The van der Waals surface area contributed by atoms with Crippen LogP contribution in [0.2, 0.25) is 5.02 Å². The highest BCUT2D eigenvalue weighted by Gasteiger charge is 2.40. The number of anilines is 3. The molecule has 5 amide bonds. The molecule has 6 N–H and O–H groups in total. The Balaban J connectivity index is 1.25. The van der Waals surface area contributed by atoms with Crippen LogP contribution in [0.4, 0.5) is 21.9 Å². The smallest absolute Gasteiger partial charge is 0.352 e. The van der Waals surface area contributed by atoms with Gasteiger partial charge in [0.2, 0.25) is 5.91 Å². The molecule has 3 heterocycles. The monoisotopic (exact) mass is 742 g/mol. The number of halogens is 1. The van der Waals surface area contributed by atoms with Crippen LogP contribution in [0.1, 0.15) is 36.3 Å². The number of hydrogen-bond donors (Lipinski definition) is 6. The Labute approximate surface area is 306 Å². The van der Waals surface area contributed by atoms with Gasteiger partial charge in [-0.25, -0.2) is 9.59 Å². The maximum absolute atomic E-state index is 14.1. The van der Waals surface area contributed by atoms with Gasteiger partial charge in [0, 0.05) is 59.0 Å². The minimum Gasteiger partial charge on any atom is -0.477 e. The van der Waals surface area contributed by atoms with Gasteiger partial charge in [-0.05, 0) is 90.9 Å². The molecular formula is C35H35ClN10O7. The van der Waals surface area contributed by atoms with E-state index < -0.39 is 41.3 Å². The van der Waals surface area contributed by atoms with E-state index in [0.29, 0.717) is 50.7 Å². The van der Waals surface area contributed by atoms with Gasteiger partial charge >= 0.3 is 23.8 Å². The predicted molar refractivity (Wildman–Crippen MR) is 194 cm³/mol. The van der Waals surface area contributed by atoms with Crippen molar-refractivity contribution >= 4 is 69.3 Å². The number of aromatic carboxylic acids is 1. The number of aromatic nitrogens is 5. The molecule has 5 aromatic rings. The van der Waals surface area contributed by atoms with E-state index in [4.69, 9.17) is 11.6 Å². The third kappa shape index (κ3) is 8.26. The third-order valence-corrected chi connectivity index (χ3v) is 8.94. The molecule has 0 radical (unpaired) electrons. The standard InChI is InChI=1S/C35H35ClN10O7/c1-35(2,11-14-47)41-34(53)39-23-6-3-20(4-7-23)15-29(30(48)38-24-8-9-25-21(16-24)17-26(40-25)33(51)52)45-13-12-44(31(49)32(45)50)28-18-22(36)5-10-27(28)46-19-37-42-43-46/h3-10,16-19,29,40,47H,11-15H2,1-2H3,(H,38,48)(H,51,52)(H2,39,41,53)/t29-/m0/s1. The van der Waals surface area contributed by atoms with Crippen LogP contribution in [0.5, 0.6) is 0 Å². The van der Waals surface area contributed by atoms with E-state index in [1.165, 1.54) is 32.9 Å². The molecule has 6 rings (SSSR count). The number of carbonyl (C=O) groups excluding carboxylic acids is 4. The highest BCUT2D eigenvalue weighted by atomic mass is 35.5. The summed E-state index contributed by atoms with van der Waals surface area (Å²) in [5, 5.41) is 39.1. The molecule has 1 saturated heterocycles. The van der Waals surface area contributed by atoms with Crippen LogP contribution in [-0.2, 0) is 20.8 Å². The fraction of sp³-hybridized carbons (Fsp3) is 0.257. The number of aliphatic hydroxyl groups excluding tert-OH is 1. The predicted octanol–water partition coefficient (Wildman–Crippen LogP) is 3.20. The Bertz CT molecular complexity index is 2190. The minimum absolute atomic E-state index is 0.00344. The Kier molecular flexibility index (Phi) is 10.4. The van der Waals surface area contributed by atoms with Gasteiger partial charge in [0.15, 0.2) is 0 Å². The molecule has 0 aliphatic carbocycles. The third-order valence-electron chi connectivity index (χ3n) is 8.70. The van der Waals surface area contributed by atoms with Crippen molar-refractivity contribution in [3.8, 4) is 5.69 Å². The van der Waals surface area contributed by atoms with Crippen LogP contribution in [0.3, 0.4) is 0 Å². The molecule has 0 unspecified atom stereocenters. The van der Waals surface area contributed by atoms with Crippen LogP contribution in [0.25, 0.3) is 16.6 Å². The molecule has 18 heteroatoms. The van der Waals surface area contributed by atoms with Crippen LogP contribution >= 0.6 is 11.6 Å². The van der Waals surface area contributed by atoms with Gasteiger partial charge in [0.25, 0.3) is 0 Å². The molecule has 3 aromatic carbocycles. The number of carboxylic acid groups (broad SMARTS) is 1. The van der Waals surface area contributed by atoms with Crippen molar-refractivity contribution in [2.45, 2.75) is 38.3 Å². The summed E-state index contributed by atoms with van der Waals surface area (Å²) in [7, 11) is 0. The van der Waals surface area contributed by atoms with Gasteiger partial charge < -0.3 is 40.9 Å². The van der Waals surface area contributed by atoms with E-state index in [9.17, 15) is 34.2 Å². The van der Waals surface area contributed by atoms with E-state index in [1.54, 1.807) is 68.4 Å². The van der Waals surface area contributed by atoms with Gasteiger partial charge in [0.1, 0.15) is 18.1 Å². The van der Waals surface area contributed by atoms with Gasteiger partial charge in [0.05, 0.1) is 11.4 Å². The number of rotatable bonds is 12. The van der Waals surface area contributed by atoms with Crippen molar-refractivity contribution in [1.29, 1.82) is 0 Å². The van der Waals surface area contributed by atoms with Gasteiger partial charge in [-0.2, -0.15) is 4.68 Å². The first kappa shape index (κ1) is 36.5. The van der Waals surface area contributed by atoms with E-state index in [-0.39, 0.29) is 31.8 Å². The zero-order chi connectivity index (χ0) is 37.9. The first-order valence-corrected chi connectivity index (χ1v) is 16.8. The van der Waals surface area contributed by atoms with E-state index in [2.05, 4.69) is 36.5 Å². The average molecular weight is 743 g/mol. The van der Waals surface area contributed by atoms with E-state index >= 15 is 0 Å². The van der Waals surface area contributed by atoms with Crippen molar-refractivity contribution in [1.82, 2.24) is 35.4 Å². The maximum atomic E-state index is 14.1. The van der Waals surface area contributed by atoms with Crippen LogP contribution < -0.4 is 20.9 Å². The summed E-state index contributed by atoms with van der Waals surface area (Å²) < 4.78 is 1.34. The Hall–Kier alpha value is -6.33. The second kappa shape index (κ2) is 15.1. The highest BCUT2D eigenvalue weighted by Crippen LogP contribution is 2.30. The number of carboxylic acids is 1. The number of tetrazole rings is 1. The molecule has 2 aromatic heterocycles. The molecule has 1 aliphatic heterocycles. The van der Waals surface area contributed by atoms with Crippen molar-refractivity contribution in [2.24, 2.45) is 0 Å². The number of piperazine rings is 1. The number of H-pyrrole nitrogens is 1. The molecule has 1 aliphatic rings. The zero-order valence-corrected chi connectivity index (χ0v) is 29.3. The fourth-order valence-electron chi connectivity index (χ4n) is 6.01. The first-order valence-electron chi connectivity index (χ1n) is 16.4. The summed E-state index contributed by atoms with van der Waals surface area (Å²) in [4.78, 5) is 71.1. The summed E-state index contributed by atoms with van der Waals surface area (Å²) in [6, 6.07) is 16.1. The number of aromatic amines is 1. The topological polar surface area (TPSA) is 228 Å². The number of benzene rings is 3. The number of hydrogen-bond acceptors (Lipinski definition) is 9. The molecular weight excluding hydrogens is 708 g/mol. The summed E-state index contributed by atoms with van der Waals surface area (Å²) in [5.74, 6) is -3.54. The zero-order valence-electron chi connectivity index (χ0n) is 28.5. The molecule has 53 heavy (non-hydrogen) atoms. The Morgan fingerprint density at radius 2 is 1.70 bits per heavy atom. The summed E-state index contributed by atoms with van der Waals surface area (Å²) >= 11 is 6.29. The number of fused-ring (bicyclic) bond motifs is 1. The lowest BCUT2D eigenvalue weighted by atomic mass is 10.0. The Morgan fingerprint density at radius 1 is 0.943 bits per heavy atom. The van der Waals surface area contributed by atoms with Crippen molar-refractivity contribution < 1.29 is 34.2 Å². The molecule has 17 nitrogen and oxygen atoms in total. The molecule has 0 saturated carbocycles. The highest BCUT2D eigenvalue weighted by molar-refractivity contribution is 6.41. The van der Waals surface area contributed by atoms with Crippen LogP contribution in [-0.4, -0.2) is 101 Å². The maximum Gasteiger partial charge on any atom is 0.352 e. The summed E-state index contributed by atoms with van der Waals surface area (Å²) in [6.07, 6.45) is 1.71. The molecule has 1 fully saturated rings. The summed E-state index contributed by atoms with van der Waals surface area (Å²) in [6.45, 7) is 3.48. The van der Waals surface area contributed by atoms with Gasteiger partial charge in [-0.3, -0.25) is 14.4 Å². The molecule has 0 bridgehead atoms. The number of nitrogens with one attached hydrogen (secondary N) is 4. The van der Waals surface area contributed by atoms with Crippen molar-refractivity contribution in [3.05, 3.63) is 89.3 Å².